The highest BCUT2D eigenvalue weighted by Crippen LogP contribution is 2.22. The Balaban J connectivity index is 1.93. The van der Waals surface area contributed by atoms with Crippen LogP contribution in [0.15, 0.2) is 0 Å². The van der Waals surface area contributed by atoms with E-state index in [-0.39, 0.29) is 17.7 Å². The second kappa shape index (κ2) is 5.69. The normalized spacial score (nSPS) is 30.2. The third kappa shape index (κ3) is 3.02. The fourth-order valence-corrected chi connectivity index (χ4v) is 3.01. The van der Waals surface area contributed by atoms with Gasteiger partial charge in [-0.3, -0.25) is 9.59 Å². The summed E-state index contributed by atoms with van der Waals surface area (Å²) in [5.74, 6) is -0.916. The van der Waals surface area contributed by atoms with E-state index in [2.05, 4.69) is 4.90 Å². The zero-order valence-electron chi connectivity index (χ0n) is 11.0. The van der Waals surface area contributed by atoms with Gasteiger partial charge in [-0.1, -0.05) is 0 Å². The molecule has 2 atom stereocenters. The molecule has 1 amide bonds. The lowest BCUT2D eigenvalue weighted by atomic mass is 9.93. The third-order valence-electron chi connectivity index (χ3n) is 4.06. The van der Waals surface area contributed by atoms with Crippen molar-refractivity contribution in [3.8, 4) is 0 Å². The van der Waals surface area contributed by atoms with Gasteiger partial charge in [0, 0.05) is 19.6 Å². The Kier molecular flexibility index (Phi) is 4.22. The number of likely N-dealkylation sites (tertiary alicyclic amines) is 2. The molecule has 0 spiro atoms. The first-order chi connectivity index (χ1) is 8.58. The Bertz CT molecular complexity index is 332. The molecule has 102 valence electrons. The van der Waals surface area contributed by atoms with E-state index in [1.807, 2.05) is 7.05 Å². The van der Waals surface area contributed by atoms with Crippen molar-refractivity contribution in [3.63, 3.8) is 0 Å². The molecule has 0 unspecified atom stereocenters. The average Bonchev–Trinajstić information content (AvgIpc) is 2.38. The smallest absolute Gasteiger partial charge is 0.308 e. The zero-order valence-corrected chi connectivity index (χ0v) is 11.0. The monoisotopic (exact) mass is 254 g/mol. The van der Waals surface area contributed by atoms with Crippen molar-refractivity contribution in [1.82, 2.24) is 9.80 Å². The van der Waals surface area contributed by atoms with E-state index in [1.165, 1.54) is 0 Å². The maximum atomic E-state index is 12.4. The number of carbonyl (C=O) groups is 2. The van der Waals surface area contributed by atoms with Crippen LogP contribution in [0.5, 0.6) is 0 Å². The predicted octanol–water partition coefficient (Wildman–Crippen LogP) is 0.651. The molecule has 0 aromatic heterocycles. The maximum absolute atomic E-state index is 12.4. The van der Waals surface area contributed by atoms with Crippen LogP contribution in [-0.4, -0.2) is 60.0 Å². The largest absolute Gasteiger partial charge is 0.481 e. The standard InChI is InChI=1S/C13H22N2O3/c1-14-6-2-4-10(8-14)12(16)15-7-3-5-11(9-15)13(17)18/h10-11H,2-9H2,1H3,(H,17,18)/t10-,11-/m1/s1. The van der Waals surface area contributed by atoms with Crippen LogP contribution >= 0.6 is 0 Å². The maximum Gasteiger partial charge on any atom is 0.308 e. The Morgan fingerprint density at radius 2 is 1.72 bits per heavy atom. The highest BCUT2D eigenvalue weighted by molar-refractivity contribution is 5.80. The number of carboxylic acid groups (broad SMARTS) is 1. The van der Waals surface area contributed by atoms with Gasteiger partial charge < -0.3 is 14.9 Å². The third-order valence-corrected chi connectivity index (χ3v) is 4.06. The Morgan fingerprint density at radius 3 is 2.39 bits per heavy atom. The number of carboxylic acids is 1. The van der Waals surface area contributed by atoms with Crippen molar-refractivity contribution in [1.29, 1.82) is 0 Å². The van der Waals surface area contributed by atoms with Crippen LogP contribution in [0.2, 0.25) is 0 Å². The second-order valence-electron chi connectivity index (χ2n) is 5.56. The zero-order chi connectivity index (χ0) is 13.1. The number of carbonyl (C=O) groups excluding carboxylic acids is 1. The first-order valence-electron chi connectivity index (χ1n) is 6.78. The molecule has 18 heavy (non-hydrogen) atoms. The molecule has 0 radical (unpaired) electrons. The molecule has 1 N–H and O–H groups in total. The van der Waals surface area contributed by atoms with Gasteiger partial charge in [0.15, 0.2) is 0 Å². The van der Waals surface area contributed by atoms with E-state index >= 15 is 0 Å². The van der Waals surface area contributed by atoms with Crippen LogP contribution < -0.4 is 0 Å². The molecule has 2 saturated heterocycles. The lowest BCUT2D eigenvalue weighted by molar-refractivity contribution is -0.147. The van der Waals surface area contributed by atoms with Gasteiger partial charge in [-0.15, -0.1) is 0 Å². The molecular formula is C13H22N2O3. The van der Waals surface area contributed by atoms with Gasteiger partial charge in [-0.2, -0.15) is 0 Å². The number of nitrogens with zero attached hydrogens (tertiary/aromatic N) is 2. The van der Waals surface area contributed by atoms with Crippen molar-refractivity contribution in [2.75, 3.05) is 33.2 Å². The summed E-state index contributed by atoms with van der Waals surface area (Å²) < 4.78 is 0. The molecule has 5 nitrogen and oxygen atoms in total. The van der Waals surface area contributed by atoms with E-state index in [9.17, 15) is 9.59 Å². The molecule has 5 heteroatoms. The van der Waals surface area contributed by atoms with E-state index < -0.39 is 5.97 Å². The van der Waals surface area contributed by atoms with Gasteiger partial charge in [0.1, 0.15) is 0 Å². The van der Waals surface area contributed by atoms with E-state index in [0.29, 0.717) is 13.0 Å². The number of aliphatic carboxylic acids is 1. The number of hydrogen-bond acceptors (Lipinski definition) is 3. The van der Waals surface area contributed by atoms with Gasteiger partial charge in [-0.05, 0) is 39.3 Å². The van der Waals surface area contributed by atoms with Crippen LogP contribution in [-0.2, 0) is 9.59 Å². The first-order valence-corrected chi connectivity index (χ1v) is 6.78. The number of hydrogen-bond donors (Lipinski definition) is 1. The minimum atomic E-state index is -0.770. The Labute approximate surface area is 108 Å². The molecule has 2 fully saturated rings. The van der Waals surface area contributed by atoms with Crippen molar-refractivity contribution >= 4 is 11.9 Å². The molecule has 2 heterocycles. The van der Waals surface area contributed by atoms with Crippen molar-refractivity contribution in [2.24, 2.45) is 11.8 Å². The summed E-state index contributed by atoms with van der Waals surface area (Å²) in [4.78, 5) is 27.3. The number of rotatable bonds is 2. The highest BCUT2D eigenvalue weighted by atomic mass is 16.4. The van der Waals surface area contributed by atoms with Crippen LogP contribution in [0.25, 0.3) is 0 Å². The summed E-state index contributed by atoms with van der Waals surface area (Å²) in [5.41, 5.74) is 0. The van der Waals surface area contributed by atoms with Crippen LogP contribution in [0, 0.1) is 11.8 Å². The van der Waals surface area contributed by atoms with Gasteiger partial charge in [0.05, 0.1) is 11.8 Å². The quantitative estimate of drug-likeness (QED) is 0.786. The average molecular weight is 254 g/mol. The van der Waals surface area contributed by atoms with Crippen LogP contribution in [0.1, 0.15) is 25.7 Å². The van der Waals surface area contributed by atoms with Gasteiger partial charge in [-0.25, -0.2) is 0 Å². The molecule has 0 aliphatic carbocycles. The predicted molar refractivity (Wildman–Crippen MR) is 67.2 cm³/mol. The lowest BCUT2D eigenvalue weighted by Gasteiger charge is -2.36. The summed E-state index contributed by atoms with van der Waals surface area (Å²) in [5, 5.41) is 9.04. The summed E-state index contributed by atoms with van der Waals surface area (Å²) in [6.07, 6.45) is 3.51. The Morgan fingerprint density at radius 1 is 1.06 bits per heavy atom. The molecule has 0 aromatic carbocycles. The molecule has 2 aliphatic rings. The summed E-state index contributed by atoms with van der Waals surface area (Å²) in [7, 11) is 2.04. The summed E-state index contributed by atoms with van der Waals surface area (Å²) >= 11 is 0. The first kappa shape index (κ1) is 13.3. The number of amides is 1. The van der Waals surface area contributed by atoms with Crippen molar-refractivity contribution in [2.45, 2.75) is 25.7 Å². The topological polar surface area (TPSA) is 60.9 Å². The molecule has 0 bridgehead atoms. The summed E-state index contributed by atoms with van der Waals surface area (Å²) in [6, 6.07) is 0. The molecule has 0 saturated carbocycles. The van der Waals surface area contributed by atoms with Gasteiger partial charge in [0.2, 0.25) is 5.91 Å². The van der Waals surface area contributed by atoms with E-state index in [1.54, 1.807) is 4.90 Å². The highest BCUT2D eigenvalue weighted by Gasteiger charge is 2.33. The summed E-state index contributed by atoms with van der Waals surface area (Å²) in [6.45, 7) is 2.99. The molecule has 2 aliphatic heterocycles. The van der Waals surface area contributed by atoms with Crippen LogP contribution in [0.4, 0.5) is 0 Å². The lowest BCUT2D eigenvalue weighted by Crippen LogP contribution is -2.48. The van der Waals surface area contributed by atoms with Crippen molar-refractivity contribution in [3.05, 3.63) is 0 Å². The Hall–Kier alpha value is -1.10. The minimum absolute atomic E-state index is 0.0660. The number of piperidine rings is 2. The fraction of sp³-hybridized carbons (Fsp3) is 0.846. The van der Waals surface area contributed by atoms with E-state index in [4.69, 9.17) is 5.11 Å². The second-order valence-corrected chi connectivity index (χ2v) is 5.56. The van der Waals surface area contributed by atoms with Crippen molar-refractivity contribution < 1.29 is 14.7 Å². The molecular weight excluding hydrogens is 232 g/mol. The SMILES string of the molecule is CN1CCC[C@@H](C(=O)N2CCC[C@@H](C(=O)O)C2)C1. The van der Waals surface area contributed by atoms with Crippen LogP contribution in [0.3, 0.4) is 0 Å². The molecule has 0 aromatic rings. The van der Waals surface area contributed by atoms with E-state index in [0.717, 1.165) is 38.9 Å². The minimum Gasteiger partial charge on any atom is -0.481 e. The molecule has 2 rings (SSSR count). The van der Waals surface area contributed by atoms with Gasteiger partial charge in [0.25, 0.3) is 0 Å². The van der Waals surface area contributed by atoms with Gasteiger partial charge >= 0.3 is 5.97 Å². The fourth-order valence-electron chi connectivity index (χ4n) is 3.01.